The molecule has 5 heteroatoms. The van der Waals surface area contributed by atoms with Crippen LogP contribution in [0, 0.1) is 5.82 Å². The summed E-state index contributed by atoms with van der Waals surface area (Å²) in [5, 5.41) is 2.54. The lowest BCUT2D eigenvalue weighted by Gasteiger charge is -1.96. The van der Waals surface area contributed by atoms with Crippen molar-refractivity contribution in [1.82, 2.24) is 15.0 Å². The summed E-state index contributed by atoms with van der Waals surface area (Å²) in [5.74, 6) is 0.443. The van der Waals surface area contributed by atoms with Gasteiger partial charge in [-0.15, -0.1) is 11.3 Å². The van der Waals surface area contributed by atoms with Crippen molar-refractivity contribution in [3.05, 3.63) is 59.7 Å². The van der Waals surface area contributed by atoms with Crippen LogP contribution in [0.4, 0.5) is 4.39 Å². The van der Waals surface area contributed by atoms with E-state index >= 15 is 0 Å². The van der Waals surface area contributed by atoms with E-state index in [2.05, 4.69) is 15.0 Å². The zero-order valence-corrected chi connectivity index (χ0v) is 11.7. The normalized spacial score (nSPS) is 11.1. The lowest BCUT2D eigenvalue weighted by molar-refractivity contribution is 0.631. The molecular weight excluding hydrogens is 285 g/mol. The number of benzene rings is 2. The van der Waals surface area contributed by atoms with Crippen molar-refractivity contribution in [3.8, 4) is 22.1 Å². The molecule has 0 aliphatic heterocycles. The maximum atomic E-state index is 13.8. The Kier molecular flexibility index (Phi) is 2.79. The number of nitrogens with zero attached hydrogens (tertiary/aromatic N) is 2. The number of halogens is 1. The molecule has 4 rings (SSSR count). The van der Waals surface area contributed by atoms with Gasteiger partial charge in [0.05, 0.1) is 11.0 Å². The number of nitrogens with one attached hydrogen (secondary N) is 1. The predicted octanol–water partition coefficient (Wildman–Crippen LogP) is 4.49. The maximum Gasteiger partial charge on any atom is 0.158 e. The van der Waals surface area contributed by atoms with Crippen LogP contribution >= 0.6 is 11.3 Å². The zero-order chi connectivity index (χ0) is 14.2. The number of imidazole rings is 1. The van der Waals surface area contributed by atoms with Crippen LogP contribution in [-0.2, 0) is 0 Å². The van der Waals surface area contributed by atoms with Gasteiger partial charge in [-0.2, -0.15) is 0 Å². The Morgan fingerprint density at radius 2 is 1.76 bits per heavy atom. The molecule has 1 N–H and O–H groups in total. The fourth-order valence-corrected chi connectivity index (χ4v) is 3.05. The number of thiazole rings is 1. The van der Waals surface area contributed by atoms with E-state index in [-0.39, 0.29) is 5.82 Å². The number of para-hydroxylation sites is 2. The van der Waals surface area contributed by atoms with Crippen LogP contribution in [0.5, 0.6) is 0 Å². The van der Waals surface area contributed by atoms with E-state index in [1.54, 1.807) is 18.2 Å². The van der Waals surface area contributed by atoms with Crippen LogP contribution in [0.3, 0.4) is 0 Å². The summed E-state index contributed by atoms with van der Waals surface area (Å²) in [4.78, 5) is 12.2. The predicted molar refractivity (Wildman–Crippen MR) is 82.6 cm³/mol. The molecule has 0 unspecified atom stereocenters. The molecule has 0 aliphatic rings. The van der Waals surface area contributed by atoms with Gasteiger partial charge >= 0.3 is 0 Å². The van der Waals surface area contributed by atoms with Crippen LogP contribution in [0.1, 0.15) is 0 Å². The third kappa shape index (κ3) is 2.11. The molecule has 21 heavy (non-hydrogen) atoms. The maximum absolute atomic E-state index is 13.8. The van der Waals surface area contributed by atoms with Crippen molar-refractivity contribution in [2.24, 2.45) is 0 Å². The van der Waals surface area contributed by atoms with E-state index in [9.17, 15) is 4.39 Å². The van der Waals surface area contributed by atoms with Gasteiger partial charge in [-0.1, -0.05) is 24.3 Å². The van der Waals surface area contributed by atoms with Crippen LogP contribution in [0.25, 0.3) is 33.1 Å². The van der Waals surface area contributed by atoms with Crippen molar-refractivity contribution in [2.75, 3.05) is 0 Å². The van der Waals surface area contributed by atoms with Crippen molar-refractivity contribution >= 4 is 22.4 Å². The molecule has 0 bridgehead atoms. The number of aromatic amines is 1. The summed E-state index contributed by atoms with van der Waals surface area (Å²) in [6, 6.07) is 14.5. The summed E-state index contributed by atoms with van der Waals surface area (Å²) in [7, 11) is 0. The van der Waals surface area contributed by atoms with Crippen molar-refractivity contribution in [3.63, 3.8) is 0 Å². The molecule has 2 aromatic carbocycles. The molecule has 0 amide bonds. The molecule has 0 fully saturated rings. The van der Waals surface area contributed by atoms with Gasteiger partial charge < -0.3 is 4.98 Å². The summed E-state index contributed by atoms with van der Waals surface area (Å²) < 4.78 is 13.8. The first-order valence-electron chi connectivity index (χ1n) is 6.47. The van der Waals surface area contributed by atoms with Crippen molar-refractivity contribution in [1.29, 1.82) is 0 Å². The minimum absolute atomic E-state index is 0.261. The van der Waals surface area contributed by atoms with Crippen LogP contribution in [0.2, 0.25) is 0 Å². The summed E-state index contributed by atoms with van der Waals surface area (Å²) in [6.07, 6.45) is 0. The molecule has 0 spiro atoms. The molecule has 0 saturated heterocycles. The third-order valence-electron chi connectivity index (χ3n) is 3.24. The highest BCUT2D eigenvalue weighted by Crippen LogP contribution is 2.30. The largest absolute Gasteiger partial charge is 0.337 e. The minimum Gasteiger partial charge on any atom is -0.337 e. The third-order valence-corrected chi connectivity index (χ3v) is 4.12. The second kappa shape index (κ2) is 4.79. The van der Waals surface area contributed by atoms with E-state index in [1.807, 2.05) is 29.6 Å². The first-order valence-corrected chi connectivity index (χ1v) is 7.35. The second-order valence-corrected chi connectivity index (χ2v) is 5.48. The topological polar surface area (TPSA) is 41.6 Å². The van der Waals surface area contributed by atoms with Crippen LogP contribution < -0.4 is 0 Å². The average Bonchev–Trinajstić information content (AvgIpc) is 3.14. The highest BCUT2D eigenvalue weighted by Gasteiger charge is 2.12. The van der Waals surface area contributed by atoms with Gasteiger partial charge in [-0.05, 0) is 24.3 Å². The number of aromatic nitrogens is 3. The minimum atomic E-state index is -0.261. The Balaban J connectivity index is 1.79. The lowest BCUT2D eigenvalue weighted by atomic mass is 10.2. The number of fused-ring (bicyclic) bond motifs is 1. The Hall–Kier alpha value is -2.53. The molecule has 3 nitrogen and oxygen atoms in total. The molecular formula is C16H10FN3S. The first-order chi connectivity index (χ1) is 10.3. The van der Waals surface area contributed by atoms with Crippen LogP contribution in [0.15, 0.2) is 53.9 Å². The molecule has 2 heterocycles. The molecule has 0 radical (unpaired) electrons. The fourth-order valence-electron chi connectivity index (χ4n) is 2.21. The summed E-state index contributed by atoms with van der Waals surface area (Å²) >= 11 is 1.41. The monoisotopic (exact) mass is 295 g/mol. The van der Waals surface area contributed by atoms with Gasteiger partial charge in [-0.25, -0.2) is 14.4 Å². The summed E-state index contributed by atoms with van der Waals surface area (Å²) in [6.45, 7) is 0. The SMILES string of the molecule is Fc1ccccc1-c1nc(-c2nc3ccccc3[nH]2)cs1. The van der Waals surface area contributed by atoms with Gasteiger partial charge in [0, 0.05) is 10.9 Å². The number of H-pyrrole nitrogens is 1. The Morgan fingerprint density at radius 1 is 0.952 bits per heavy atom. The molecule has 2 aromatic heterocycles. The smallest absolute Gasteiger partial charge is 0.158 e. The van der Waals surface area contributed by atoms with Gasteiger partial charge in [-0.3, -0.25) is 0 Å². The Morgan fingerprint density at radius 3 is 2.62 bits per heavy atom. The Labute approximate surface area is 124 Å². The van der Waals surface area contributed by atoms with E-state index in [1.165, 1.54) is 17.4 Å². The number of hydrogen-bond acceptors (Lipinski definition) is 3. The lowest BCUT2D eigenvalue weighted by Crippen LogP contribution is -1.84. The summed E-state index contributed by atoms with van der Waals surface area (Å²) in [5.41, 5.74) is 3.11. The van der Waals surface area contributed by atoms with E-state index < -0.39 is 0 Å². The molecule has 4 aromatic rings. The highest BCUT2D eigenvalue weighted by atomic mass is 32.1. The quantitative estimate of drug-likeness (QED) is 0.592. The van der Waals surface area contributed by atoms with E-state index in [0.29, 0.717) is 16.4 Å². The average molecular weight is 295 g/mol. The second-order valence-electron chi connectivity index (χ2n) is 4.62. The zero-order valence-electron chi connectivity index (χ0n) is 10.9. The molecule has 0 aliphatic carbocycles. The van der Waals surface area contributed by atoms with Gasteiger partial charge in [0.1, 0.15) is 16.5 Å². The van der Waals surface area contributed by atoms with Gasteiger partial charge in [0.15, 0.2) is 5.82 Å². The van der Waals surface area contributed by atoms with E-state index in [0.717, 1.165) is 16.7 Å². The van der Waals surface area contributed by atoms with E-state index in [4.69, 9.17) is 0 Å². The standard InChI is InChI=1S/C16H10FN3S/c17-11-6-2-1-5-10(11)16-20-14(9-21-16)15-18-12-7-3-4-8-13(12)19-15/h1-9H,(H,18,19). The van der Waals surface area contributed by atoms with Gasteiger partial charge in [0.2, 0.25) is 0 Å². The molecule has 102 valence electrons. The highest BCUT2D eigenvalue weighted by molar-refractivity contribution is 7.13. The molecule has 0 saturated carbocycles. The fraction of sp³-hybridized carbons (Fsp3) is 0. The first kappa shape index (κ1) is 12.2. The number of rotatable bonds is 2. The van der Waals surface area contributed by atoms with Crippen molar-refractivity contribution in [2.45, 2.75) is 0 Å². The molecule has 0 atom stereocenters. The van der Waals surface area contributed by atoms with Gasteiger partial charge in [0.25, 0.3) is 0 Å². The van der Waals surface area contributed by atoms with Crippen LogP contribution in [-0.4, -0.2) is 15.0 Å². The number of hydrogen-bond donors (Lipinski definition) is 1. The Bertz CT molecular complexity index is 893. The van der Waals surface area contributed by atoms with Crippen molar-refractivity contribution < 1.29 is 4.39 Å².